The van der Waals surface area contributed by atoms with Crippen LogP contribution in [0.2, 0.25) is 0 Å². The van der Waals surface area contributed by atoms with Gasteiger partial charge in [0.2, 0.25) is 0 Å². The molecule has 0 spiro atoms. The molecular formula is C17H23N3. The van der Waals surface area contributed by atoms with Crippen molar-refractivity contribution >= 4 is 6.34 Å². The highest BCUT2D eigenvalue weighted by Crippen LogP contribution is 2.19. The Morgan fingerprint density at radius 1 is 1.25 bits per heavy atom. The lowest BCUT2D eigenvalue weighted by Gasteiger charge is -2.38. The summed E-state index contributed by atoms with van der Waals surface area (Å²) < 4.78 is 0. The molecule has 2 heterocycles. The van der Waals surface area contributed by atoms with E-state index in [0.717, 1.165) is 19.6 Å². The third kappa shape index (κ3) is 3.28. The van der Waals surface area contributed by atoms with Crippen molar-refractivity contribution in [3.63, 3.8) is 0 Å². The first-order chi connectivity index (χ1) is 9.81. The zero-order valence-corrected chi connectivity index (χ0v) is 12.2. The number of rotatable bonds is 3. The van der Waals surface area contributed by atoms with Gasteiger partial charge in [-0.3, -0.25) is 9.89 Å². The van der Waals surface area contributed by atoms with Gasteiger partial charge in [0.1, 0.15) is 0 Å². The highest BCUT2D eigenvalue weighted by atomic mass is 15.2. The molecule has 1 aromatic carbocycles. The van der Waals surface area contributed by atoms with Crippen LogP contribution in [0.5, 0.6) is 0 Å². The topological polar surface area (TPSA) is 18.8 Å². The van der Waals surface area contributed by atoms with Crippen molar-refractivity contribution in [3.05, 3.63) is 47.7 Å². The number of nitrogens with zero attached hydrogens (tertiary/aromatic N) is 3. The second-order valence-corrected chi connectivity index (χ2v) is 5.90. The van der Waals surface area contributed by atoms with Crippen LogP contribution in [0.3, 0.4) is 0 Å². The third-order valence-electron chi connectivity index (χ3n) is 4.08. The smallest absolute Gasteiger partial charge is 0.0896 e. The van der Waals surface area contributed by atoms with E-state index in [9.17, 15) is 0 Å². The SMILES string of the molecule is CC1=CN(C2CCCN(Cc3ccccc3)C2)C=NC1. The zero-order valence-electron chi connectivity index (χ0n) is 12.2. The van der Waals surface area contributed by atoms with E-state index in [1.165, 1.54) is 30.5 Å². The number of aliphatic imine (C=N–C) groups is 1. The summed E-state index contributed by atoms with van der Waals surface area (Å²) in [6.45, 7) is 6.42. The summed E-state index contributed by atoms with van der Waals surface area (Å²) in [5.74, 6) is 0. The molecule has 2 aliphatic heterocycles. The molecule has 0 aromatic heterocycles. The Bertz CT molecular complexity index is 492. The molecule has 3 rings (SSSR count). The quantitative estimate of drug-likeness (QED) is 0.840. The van der Waals surface area contributed by atoms with Crippen molar-refractivity contribution < 1.29 is 0 Å². The molecule has 1 aromatic rings. The standard InChI is InChI=1S/C17H23N3/c1-15-10-18-14-20(11-15)17-8-5-9-19(13-17)12-16-6-3-2-4-7-16/h2-4,6-7,11,14,17H,5,8-10,12-13H2,1H3. The van der Waals surface area contributed by atoms with Gasteiger partial charge in [-0.1, -0.05) is 30.3 Å². The predicted octanol–water partition coefficient (Wildman–Crippen LogP) is 2.90. The molecule has 0 amide bonds. The lowest BCUT2D eigenvalue weighted by molar-refractivity contribution is 0.157. The molecule has 0 radical (unpaired) electrons. The molecule has 0 aliphatic carbocycles. The summed E-state index contributed by atoms with van der Waals surface area (Å²) in [6.07, 6.45) is 6.82. The van der Waals surface area contributed by atoms with Crippen LogP contribution in [0.4, 0.5) is 0 Å². The fourth-order valence-corrected chi connectivity index (χ4v) is 3.07. The Morgan fingerprint density at radius 2 is 2.10 bits per heavy atom. The van der Waals surface area contributed by atoms with Gasteiger partial charge in [-0.05, 0) is 37.4 Å². The van der Waals surface area contributed by atoms with Crippen molar-refractivity contribution in [2.45, 2.75) is 32.4 Å². The van der Waals surface area contributed by atoms with E-state index in [-0.39, 0.29) is 0 Å². The Kier molecular flexibility index (Phi) is 4.16. The molecular weight excluding hydrogens is 246 g/mol. The molecule has 2 aliphatic rings. The van der Waals surface area contributed by atoms with Crippen LogP contribution in [0.25, 0.3) is 0 Å². The normalized spacial score (nSPS) is 23.8. The molecule has 0 saturated carbocycles. The maximum absolute atomic E-state index is 4.44. The van der Waals surface area contributed by atoms with Gasteiger partial charge < -0.3 is 4.90 Å². The second kappa shape index (κ2) is 6.23. The molecule has 3 heteroatoms. The minimum Gasteiger partial charge on any atom is -0.335 e. The van der Waals surface area contributed by atoms with Crippen molar-refractivity contribution in [3.8, 4) is 0 Å². The lowest BCUT2D eigenvalue weighted by atomic mass is 10.0. The van der Waals surface area contributed by atoms with Crippen LogP contribution in [0.15, 0.2) is 47.1 Å². The largest absolute Gasteiger partial charge is 0.335 e. The summed E-state index contributed by atoms with van der Waals surface area (Å²) in [7, 11) is 0. The second-order valence-electron chi connectivity index (χ2n) is 5.90. The average Bonchev–Trinajstić information content (AvgIpc) is 2.49. The third-order valence-corrected chi connectivity index (χ3v) is 4.08. The van der Waals surface area contributed by atoms with Crippen LogP contribution in [0.1, 0.15) is 25.3 Å². The van der Waals surface area contributed by atoms with E-state index >= 15 is 0 Å². The summed E-state index contributed by atoms with van der Waals surface area (Å²) >= 11 is 0. The van der Waals surface area contributed by atoms with E-state index in [4.69, 9.17) is 0 Å². The van der Waals surface area contributed by atoms with Gasteiger partial charge in [-0.15, -0.1) is 0 Å². The summed E-state index contributed by atoms with van der Waals surface area (Å²) in [5.41, 5.74) is 2.76. The van der Waals surface area contributed by atoms with Gasteiger partial charge in [0, 0.05) is 25.3 Å². The van der Waals surface area contributed by atoms with Crippen LogP contribution in [-0.2, 0) is 6.54 Å². The number of hydrogen-bond donors (Lipinski definition) is 0. The van der Waals surface area contributed by atoms with Crippen molar-refractivity contribution in [2.75, 3.05) is 19.6 Å². The fraction of sp³-hybridized carbons (Fsp3) is 0.471. The van der Waals surface area contributed by atoms with Gasteiger partial charge >= 0.3 is 0 Å². The van der Waals surface area contributed by atoms with Crippen LogP contribution in [0, 0.1) is 0 Å². The maximum atomic E-state index is 4.44. The maximum Gasteiger partial charge on any atom is 0.0896 e. The van der Waals surface area contributed by atoms with E-state index in [1.807, 2.05) is 6.34 Å². The molecule has 1 atom stereocenters. The summed E-state index contributed by atoms with van der Waals surface area (Å²) in [6, 6.07) is 11.3. The minimum absolute atomic E-state index is 0.575. The van der Waals surface area contributed by atoms with E-state index in [0.29, 0.717) is 6.04 Å². The highest BCUT2D eigenvalue weighted by molar-refractivity contribution is 5.59. The van der Waals surface area contributed by atoms with Crippen LogP contribution >= 0.6 is 0 Å². The molecule has 1 unspecified atom stereocenters. The Morgan fingerprint density at radius 3 is 2.90 bits per heavy atom. The number of piperidine rings is 1. The molecule has 106 valence electrons. The Balaban J connectivity index is 1.62. The molecule has 3 nitrogen and oxygen atoms in total. The summed E-state index contributed by atoms with van der Waals surface area (Å²) in [4.78, 5) is 9.32. The fourth-order valence-electron chi connectivity index (χ4n) is 3.07. The van der Waals surface area contributed by atoms with Gasteiger partial charge in [0.05, 0.1) is 12.9 Å². The molecule has 1 fully saturated rings. The van der Waals surface area contributed by atoms with E-state index in [2.05, 4.69) is 58.2 Å². The predicted molar refractivity (Wildman–Crippen MR) is 83.7 cm³/mol. The Hall–Kier alpha value is -1.61. The monoisotopic (exact) mass is 269 g/mol. The molecule has 0 bridgehead atoms. The first-order valence-electron chi connectivity index (χ1n) is 7.52. The van der Waals surface area contributed by atoms with Crippen molar-refractivity contribution in [1.82, 2.24) is 9.80 Å². The number of benzene rings is 1. The van der Waals surface area contributed by atoms with Gasteiger partial charge in [0.15, 0.2) is 0 Å². The van der Waals surface area contributed by atoms with Crippen LogP contribution < -0.4 is 0 Å². The van der Waals surface area contributed by atoms with E-state index < -0.39 is 0 Å². The molecule has 0 N–H and O–H groups in total. The van der Waals surface area contributed by atoms with E-state index in [1.54, 1.807) is 0 Å². The first-order valence-corrected chi connectivity index (χ1v) is 7.52. The summed E-state index contributed by atoms with van der Waals surface area (Å²) in [5, 5.41) is 0. The van der Waals surface area contributed by atoms with Gasteiger partial charge in [0.25, 0.3) is 0 Å². The van der Waals surface area contributed by atoms with Gasteiger partial charge in [-0.2, -0.15) is 0 Å². The van der Waals surface area contributed by atoms with Gasteiger partial charge in [-0.25, -0.2) is 0 Å². The van der Waals surface area contributed by atoms with Crippen LogP contribution in [-0.4, -0.2) is 41.8 Å². The molecule has 1 saturated heterocycles. The lowest BCUT2D eigenvalue weighted by Crippen LogP contribution is -2.45. The molecule has 20 heavy (non-hydrogen) atoms. The highest BCUT2D eigenvalue weighted by Gasteiger charge is 2.24. The van der Waals surface area contributed by atoms with Crippen molar-refractivity contribution in [2.24, 2.45) is 4.99 Å². The number of hydrogen-bond acceptors (Lipinski definition) is 3. The minimum atomic E-state index is 0.575. The zero-order chi connectivity index (χ0) is 13.8. The Labute approximate surface area is 121 Å². The average molecular weight is 269 g/mol. The van der Waals surface area contributed by atoms with Crippen molar-refractivity contribution in [1.29, 1.82) is 0 Å². The number of likely N-dealkylation sites (tertiary alicyclic amines) is 1. The first kappa shape index (κ1) is 13.4.